The molecule has 1 atom stereocenters. The van der Waals surface area contributed by atoms with Crippen LogP contribution in [0.4, 0.5) is 13.2 Å². The predicted octanol–water partition coefficient (Wildman–Crippen LogP) is 5.23. The first-order valence-electron chi connectivity index (χ1n) is 6.30. The van der Waals surface area contributed by atoms with Crippen LogP contribution < -0.4 is 4.74 Å². The van der Waals surface area contributed by atoms with Crippen molar-refractivity contribution in [3.05, 3.63) is 29.3 Å². The van der Waals surface area contributed by atoms with Gasteiger partial charge in [0.15, 0.2) is 0 Å². The van der Waals surface area contributed by atoms with E-state index < -0.39 is 11.7 Å². The fraction of sp³-hybridized carbons (Fsp3) is 0.571. The molecule has 0 N–H and O–H groups in total. The number of halogens is 4. The summed E-state index contributed by atoms with van der Waals surface area (Å²) < 4.78 is 43.7. The van der Waals surface area contributed by atoms with Gasteiger partial charge in [0.1, 0.15) is 5.75 Å². The average molecular weight is 295 g/mol. The third-order valence-corrected chi connectivity index (χ3v) is 3.09. The Labute approximate surface area is 116 Å². The van der Waals surface area contributed by atoms with E-state index in [4.69, 9.17) is 16.3 Å². The topological polar surface area (TPSA) is 9.23 Å². The minimum atomic E-state index is -4.33. The van der Waals surface area contributed by atoms with Crippen LogP contribution in [0, 0.1) is 0 Å². The van der Waals surface area contributed by atoms with E-state index in [1.807, 2.05) is 13.8 Å². The van der Waals surface area contributed by atoms with Gasteiger partial charge in [-0.3, -0.25) is 0 Å². The Balaban J connectivity index is 3.10. The smallest absolute Gasteiger partial charge is 0.416 e. The highest BCUT2D eigenvalue weighted by Crippen LogP contribution is 2.36. The molecule has 0 fully saturated rings. The zero-order valence-electron chi connectivity index (χ0n) is 11.1. The molecule has 0 saturated carbocycles. The number of hydrogen-bond acceptors (Lipinski definition) is 1. The molecule has 0 aliphatic heterocycles. The molecular formula is C14H18ClF3O. The molecule has 19 heavy (non-hydrogen) atoms. The van der Waals surface area contributed by atoms with E-state index in [9.17, 15) is 13.2 Å². The number of benzene rings is 1. The number of ether oxygens (including phenoxy) is 1. The van der Waals surface area contributed by atoms with Gasteiger partial charge in [0.25, 0.3) is 0 Å². The van der Waals surface area contributed by atoms with Crippen molar-refractivity contribution in [2.75, 3.05) is 12.5 Å². The van der Waals surface area contributed by atoms with Crippen LogP contribution in [0.5, 0.6) is 5.75 Å². The maximum Gasteiger partial charge on any atom is 0.416 e. The SMILES string of the molecule is CCCOc1ccc(C(F)(F)F)cc1C(C)CCCl. The number of alkyl halides is 4. The minimum Gasteiger partial charge on any atom is -0.493 e. The molecule has 0 radical (unpaired) electrons. The molecule has 0 spiro atoms. The van der Waals surface area contributed by atoms with Crippen molar-refractivity contribution in [1.29, 1.82) is 0 Å². The van der Waals surface area contributed by atoms with E-state index in [0.717, 1.165) is 12.5 Å². The lowest BCUT2D eigenvalue weighted by atomic mass is 9.95. The van der Waals surface area contributed by atoms with E-state index in [1.165, 1.54) is 12.1 Å². The Morgan fingerprint density at radius 2 is 2.00 bits per heavy atom. The van der Waals surface area contributed by atoms with Crippen molar-refractivity contribution in [2.45, 2.75) is 38.8 Å². The van der Waals surface area contributed by atoms with Crippen molar-refractivity contribution in [1.82, 2.24) is 0 Å². The van der Waals surface area contributed by atoms with Crippen LogP contribution >= 0.6 is 11.6 Å². The maximum atomic E-state index is 12.7. The Hall–Kier alpha value is -0.900. The van der Waals surface area contributed by atoms with Gasteiger partial charge in [0.05, 0.1) is 12.2 Å². The molecule has 0 bridgehead atoms. The van der Waals surface area contributed by atoms with E-state index in [0.29, 0.717) is 30.2 Å². The molecule has 108 valence electrons. The standard InChI is InChI=1S/C14H18ClF3O/c1-3-8-19-13-5-4-11(14(16,17)18)9-12(13)10(2)6-7-15/h4-5,9-10H,3,6-8H2,1-2H3. The Kier molecular flexibility index (Phi) is 5.98. The summed E-state index contributed by atoms with van der Waals surface area (Å²) in [7, 11) is 0. The fourth-order valence-corrected chi connectivity index (χ4v) is 2.10. The molecule has 1 aromatic rings. The summed E-state index contributed by atoms with van der Waals surface area (Å²) in [6, 6.07) is 3.63. The molecule has 0 aromatic heterocycles. The van der Waals surface area contributed by atoms with Gasteiger partial charge in [-0.25, -0.2) is 0 Å². The second-order valence-electron chi connectivity index (χ2n) is 4.48. The second kappa shape index (κ2) is 7.04. The van der Waals surface area contributed by atoms with Gasteiger partial charge in [-0.05, 0) is 42.5 Å². The zero-order valence-corrected chi connectivity index (χ0v) is 11.8. The van der Waals surface area contributed by atoms with Crippen LogP contribution in [0.15, 0.2) is 18.2 Å². The quantitative estimate of drug-likeness (QED) is 0.653. The van der Waals surface area contributed by atoms with Gasteiger partial charge in [-0.1, -0.05) is 13.8 Å². The molecule has 1 rings (SSSR count). The normalized spacial score (nSPS) is 13.4. The third-order valence-electron chi connectivity index (χ3n) is 2.87. The first-order chi connectivity index (χ1) is 8.90. The molecule has 0 aliphatic carbocycles. The van der Waals surface area contributed by atoms with Gasteiger partial charge in [-0.15, -0.1) is 11.6 Å². The first kappa shape index (κ1) is 16.2. The zero-order chi connectivity index (χ0) is 14.5. The Morgan fingerprint density at radius 3 is 2.53 bits per heavy atom. The molecule has 0 amide bonds. The van der Waals surface area contributed by atoms with Gasteiger partial charge in [0.2, 0.25) is 0 Å². The molecule has 1 unspecified atom stereocenters. The lowest BCUT2D eigenvalue weighted by Gasteiger charge is -2.18. The largest absolute Gasteiger partial charge is 0.493 e. The van der Waals surface area contributed by atoms with Gasteiger partial charge >= 0.3 is 6.18 Å². The highest BCUT2D eigenvalue weighted by atomic mass is 35.5. The van der Waals surface area contributed by atoms with Gasteiger partial charge in [0, 0.05) is 5.88 Å². The summed E-state index contributed by atoms with van der Waals surface area (Å²) in [5.41, 5.74) is -0.0725. The summed E-state index contributed by atoms with van der Waals surface area (Å²) >= 11 is 5.67. The Bertz CT molecular complexity index is 404. The van der Waals surface area contributed by atoms with Crippen LogP contribution in [0.25, 0.3) is 0 Å². The number of hydrogen-bond donors (Lipinski definition) is 0. The van der Waals surface area contributed by atoms with Gasteiger partial charge in [-0.2, -0.15) is 13.2 Å². The van der Waals surface area contributed by atoms with Crippen LogP contribution in [0.3, 0.4) is 0 Å². The Morgan fingerprint density at radius 1 is 1.32 bits per heavy atom. The molecular weight excluding hydrogens is 277 g/mol. The predicted molar refractivity (Wildman–Crippen MR) is 71.0 cm³/mol. The first-order valence-corrected chi connectivity index (χ1v) is 6.83. The summed E-state index contributed by atoms with van der Waals surface area (Å²) in [4.78, 5) is 0. The van der Waals surface area contributed by atoms with Crippen molar-refractivity contribution < 1.29 is 17.9 Å². The van der Waals surface area contributed by atoms with Crippen LogP contribution in [0.1, 0.15) is 43.7 Å². The lowest BCUT2D eigenvalue weighted by Crippen LogP contribution is -2.09. The summed E-state index contributed by atoms with van der Waals surface area (Å²) in [5.74, 6) is 0.865. The second-order valence-corrected chi connectivity index (χ2v) is 4.86. The lowest BCUT2D eigenvalue weighted by molar-refractivity contribution is -0.137. The molecule has 0 heterocycles. The summed E-state index contributed by atoms with van der Waals surface area (Å²) in [5, 5.41) is 0. The van der Waals surface area contributed by atoms with E-state index in [-0.39, 0.29) is 5.92 Å². The van der Waals surface area contributed by atoms with Crippen molar-refractivity contribution in [3.63, 3.8) is 0 Å². The number of rotatable bonds is 6. The third kappa shape index (κ3) is 4.60. The van der Waals surface area contributed by atoms with Crippen LogP contribution in [0.2, 0.25) is 0 Å². The fourth-order valence-electron chi connectivity index (χ4n) is 1.77. The molecule has 0 aliphatic rings. The van der Waals surface area contributed by atoms with Crippen molar-refractivity contribution >= 4 is 11.6 Å². The molecule has 0 saturated heterocycles. The van der Waals surface area contributed by atoms with E-state index >= 15 is 0 Å². The monoisotopic (exact) mass is 294 g/mol. The summed E-state index contributed by atoms with van der Waals surface area (Å²) in [6.07, 6.45) is -2.91. The van der Waals surface area contributed by atoms with Crippen molar-refractivity contribution in [2.24, 2.45) is 0 Å². The molecule has 5 heteroatoms. The average Bonchev–Trinajstić information content (AvgIpc) is 2.35. The highest BCUT2D eigenvalue weighted by molar-refractivity contribution is 6.17. The maximum absolute atomic E-state index is 12.7. The van der Waals surface area contributed by atoms with E-state index in [1.54, 1.807) is 0 Å². The van der Waals surface area contributed by atoms with Crippen molar-refractivity contribution in [3.8, 4) is 5.75 Å². The van der Waals surface area contributed by atoms with Crippen LogP contribution in [-0.2, 0) is 6.18 Å². The van der Waals surface area contributed by atoms with Gasteiger partial charge < -0.3 is 4.74 Å². The summed E-state index contributed by atoms with van der Waals surface area (Å²) in [6.45, 7) is 4.30. The van der Waals surface area contributed by atoms with E-state index in [2.05, 4.69) is 0 Å². The highest BCUT2D eigenvalue weighted by Gasteiger charge is 2.31. The molecule has 1 aromatic carbocycles. The van der Waals surface area contributed by atoms with Crippen LogP contribution in [-0.4, -0.2) is 12.5 Å². The molecule has 1 nitrogen and oxygen atoms in total. The minimum absolute atomic E-state index is 0.0633.